The molecule has 0 saturated carbocycles. The molecule has 7 nitrogen and oxygen atoms in total. The lowest BCUT2D eigenvalue weighted by Gasteiger charge is -2.25. The summed E-state index contributed by atoms with van der Waals surface area (Å²) in [6.07, 6.45) is 2.31. The van der Waals surface area contributed by atoms with Crippen LogP contribution in [0.15, 0.2) is 69.6 Å². The van der Waals surface area contributed by atoms with Crippen LogP contribution < -0.4 is 24.4 Å². The second-order valence-electron chi connectivity index (χ2n) is 7.31. The maximum absolute atomic E-state index is 13.6. The summed E-state index contributed by atoms with van der Waals surface area (Å²) in [6, 6.07) is 14.2. The molecule has 3 aromatic rings. The number of esters is 1. The first kappa shape index (κ1) is 22.5. The number of hydrogen-bond donors (Lipinski definition) is 0. The number of nitrogens with zero attached hydrogens (tertiary/aromatic N) is 2. The highest BCUT2D eigenvalue weighted by Crippen LogP contribution is 2.31. The lowest BCUT2D eigenvalue weighted by atomic mass is 9.95. The summed E-state index contributed by atoms with van der Waals surface area (Å²) in [5.74, 6) is 0.754. The molecule has 1 aliphatic heterocycles. The molecule has 0 fully saturated rings. The summed E-state index contributed by atoms with van der Waals surface area (Å²) in [5, 5.41) is 0. The second-order valence-corrected chi connectivity index (χ2v) is 8.32. The van der Waals surface area contributed by atoms with Crippen molar-refractivity contribution in [1.82, 2.24) is 4.57 Å². The van der Waals surface area contributed by atoms with Gasteiger partial charge in [0.2, 0.25) is 0 Å². The SMILES string of the molecule is CCC1=C(C(=O)OC)[C@H](c2ccccc2)n2c(s/c(=C\c3ccc(OC)cc3OC)c2=O)=N1. The van der Waals surface area contributed by atoms with Gasteiger partial charge in [0, 0.05) is 11.6 Å². The van der Waals surface area contributed by atoms with E-state index in [1.165, 1.54) is 18.4 Å². The normalized spacial score (nSPS) is 15.6. The molecule has 0 saturated heterocycles. The third kappa shape index (κ3) is 4.09. The van der Waals surface area contributed by atoms with Gasteiger partial charge in [-0.2, -0.15) is 0 Å². The Morgan fingerprint density at radius 3 is 2.52 bits per heavy atom. The first-order valence-electron chi connectivity index (χ1n) is 10.4. The van der Waals surface area contributed by atoms with Crippen molar-refractivity contribution in [3.8, 4) is 11.5 Å². The van der Waals surface area contributed by atoms with E-state index >= 15 is 0 Å². The largest absolute Gasteiger partial charge is 0.497 e. The summed E-state index contributed by atoms with van der Waals surface area (Å²) in [5.41, 5.74) is 2.32. The highest BCUT2D eigenvalue weighted by atomic mass is 32.1. The minimum absolute atomic E-state index is 0.234. The Balaban J connectivity index is 1.98. The van der Waals surface area contributed by atoms with Gasteiger partial charge < -0.3 is 14.2 Å². The Labute approximate surface area is 194 Å². The molecule has 0 unspecified atom stereocenters. The van der Waals surface area contributed by atoms with Crippen LogP contribution in [-0.2, 0) is 9.53 Å². The highest BCUT2D eigenvalue weighted by Gasteiger charge is 2.33. The van der Waals surface area contributed by atoms with E-state index in [1.54, 1.807) is 30.9 Å². The van der Waals surface area contributed by atoms with Crippen molar-refractivity contribution in [2.45, 2.75) is 19.4 Å². The number of benzene rings is 2. The summed E-state index contributed by atoms with van der Waals surface area (Å²) < 4.78 is 17.9. The molecule has 4 rings (SSSR count). The van der Waals surface area contributed by atoms with Crippen LogP contribution >= 0.6 is 11.3 Å². The Hall–Kier alpha value is -3.65. The van der Waals surface area contributed by atoms with Crippen LogP contribution in [0.5, 0.6) is 11.5 Å². The van der Waals surface area contributed by atoms with E-state index in [9.17, 15) is 9.59 Å². The molecule has 0 N–H and O–H groups in total. The van der Waals surface area contributed by atoms with Crippen molar-refractivity contribution in [3.05, 3.63) is 90.6 Å². The monoisotopic (exact) mass is 464 g/mol. The molecular formula is C25H24N2O5S. The number of carbonyl (C=O) groups is 1. The Kier molecular flexibility index (Phi) is 6.46. The van der Waals surface area contributed by atoms with Crippen LogP contribution in [0.2, 0.25) is 0 Å². The average Bonchev–Trinajstić information content (AvgIpc) is 3.17. The number of allylic oxidation sites excluding steroid dienone is 1. The fraction of sp³-hybridized carbons (Fsp3) is 0.240. The minimum atomic E-state index is -0.621. The Bertz CT molecular complexity index is 1400. The summed E-state index contributed by atoms with van der Waals surface area (Å²) in [4.78, 5) is 31.6. The maximum Gasteiger partial charge on any atom is 0.338 e. The lowest BCUT2D eigenvalue weighted by Crippen LogP contribution is -2.40. The molecule has 8 heteroatoms. The first-order valence-corrected chi connectivity index (χ1v) is 11.2. The number of ether oxygens (including phenoxy) is 3. The topological polar surface area (TPSA) is 79.1 Å². The molecule has 170 valence electrons. The van der Waals surface area contributed by atoms with Crippen LogP contribution in [0.25, 0.3) is 6.08 Å². The standard InChI is InChI=1S/C25H24N2O5S/c1-5-18-21(24(29)32-4)22(15-9-7-6-8-10-15)27-23(28)20(33-25(27)26-18)13-16-11-12-17(30-2)14-19(16)31-3/h6-14,22H,5H2,1-4H3/b20-13-/t22-/m0/s1. The van der Waals surface area contributed by atoms with Gasteiger partial charge in [-0.05, 0) is 30.2 Å². The number of thiazole rings is 1. The molecule has 1 atom stereocenters. The van der Waals surface area contributed by atoms with Gasteiger partial charge in [0.25, 0.3) is 5.56 Å². The van der Waals surface area contributed by atoms with Gasteiger partial charge in [-0.3, -0.25) is 9.36 Å². The van der Waals surface area contributed by atoms with Crippen molar-refractivity contribution in [3.63, 3.8) is 0 Å². The summed E-state index contributed by atoms with van der Waals surface area (Å²) in [7, 11) is 4.49. The zero-order valence-electron chi connectivity index (χ0n) is 18.8. The van der Waals surface area contributed by atoms with Gasteiger partial charge in [0.05, 0.1) is 43.2 Å². The third-order valence-corrected chi connectivity index (χ3v) is 6.48. The Morgan fingerprint density at radius 2 is 1.88 bits per heavy atom. The van der Waals surface area contributed by atoms with Crippen molar-refractivity contribution < 1.29 is 19.0 Å². The van der Waals surface area contributed by atoms with E-state index in [2.05, 4.69) is 4.99 Å². The van der Waals surface area contributed by atoms with Crippen LogP contribution in [0, 0.1) is 0 Å². The number of methoxy groups -OCH3 is 3. The Morgan fingerprint density at radius 1 is 1.12 bits per heavy atom. The van der Waals surface area contributed by atoms with Crippen molar-refractivity contribution in [1.29, 1.82) is 0 Å². The molecule has 33 heavy (non-hydrogen) atoms. The number of rotatable bonds is 6. The average molecular weight is 465 g/mol. The number of fused-ring (bicyclic) bond motifs is 1. The van der Waals surface area contributed by atoms with Gasteiger partial charge in [0.15, 0.2) is 4.80 Å². The zero-order chi connectivity index (χ0) is 23.5. The highest BCUT2D eigenvalue weighted by molar-refractivity contribution is 7.07. The van der Waals surface area contributed by atoms with Gasteiger partial charge in [-0.15, -0.1) is 0 Å². The van der Waals surface area contributed by atoms with E-state index in [0.29, 0.717) is 38.5 Å². The maximum atomic E-state index is 13.6. The van der Waals surface area contributed by atoms with Crippen LogP contribution in [0.4, 0.5) is 0 Å². The number of hydrogen-bond acceptors (Lipinski definition) is 7. The molecule has 1 aliphatic rings. The molecule has 2 heterocycles. The molecule has 0 amide bonds. The van der Waals surface area contributed by atoms with Crippen molar-refractivity contribution in [2.75, 3.05) is 21.3 Å². The zero-order valence-corrected chi connectivity index (χ0v) is 19.6. The molecule has 1 aromatic heterocycles. The van der Waals surface area contributed by atoms with Gasteiger partial charge >= 0.3 is 5.97 Å². The molecule has 0 bridgehead atoms. The van der Waals surface area contributed by atoms with Crippen LogP contribution in [0.3, 0.4) is 0 Å². The van der Waals surface area contributed by atoms with E-state index in [1.807, 2.05) is 49.4 Å². The first-order chi connectivity index (χ1) is 16.0. The second kappa shape index (κ2) is 9.46. The van der Waals surface area contributed by atoms with E-state index in [0.717, 1.165) is 11.1 Å². The van der Waals surface area contributed by atoms with E-state index < -0.39 is 12.0 Å². The minimum Gasteiger partial charge on any atom is -0.497 e. The third-order valence-electron chi connectivity index (χ3n) is 5.49. The number of aromatic nitrogens is 1. The lowest BCUT2D eigenvalue weighted by molar-refractivity contribution is -0.136. The quantitative estimate of drug-likeness (QED) is 0.524. The summed E-state index contributed by atoms with van der Waals surface area (Å²) >= 11 is 1.28. The van der Waals surface area contributed by atoms with Gasteiger partial charge in [-0.1, -0.05) is 48.6 Å². The predicted molar refractivity (Wildman–Crippen MR) is 126 cm³/mol. The van der Waals surface area contributed by atoms with Crippen LogP contribution in [-0.4, -0.2) is 31.9 Å². The number of carbonyl (C=O) groups excluding carboxylic acids is 1. The van der Waals surface area contributed by atoms with Crippen LogP contribution in [0.1, 0.15) is 30.5 Å². The molecule has 2 aromatic carbocycles. The van der Waals surface area contributed by atoms with E-state index in [-0.39, 0.29) is 5.56 Å². The van der Waals surface area contributed by atoms with Crippen molar-refractivity contribution >= 4 is 23.4 Å². The summed E-state index contributed by atoms with van der Waals surface area (Å²) in [6.45, 7) is 1.93. The van der Waals surface area contributed by atoms with Crippen molar-refractivity contribution in [2.24, 2.45) is 4.99 Å². The molecule has 0 aliphatic carbocycles. The molecular weight excluding hydrogens is 440 g/mol. The van der Waals surface area contributed by atoms with Gasteiger partial charge in [-0.25, -0.2) is 9.79 Å². The molecule has 0 spiro atoms. The molecule has 0 radical (unpaired) electrons. The predicted octanol–water partition coefficient (Wildman–Crippen LogP) is 2.82. The van der Waals surface area contributed by atoms with Gasteiger partial charge in [0.1, 0.15) is 11.5 Å². The van der Waals surface area contributed by atoms with E-state index in [4.69, 9.17) is 14.2 Å². The fourth-order valence-electron chi connectivity index (χ4n) is 3.89. The fourth-order valence-corrected chi connectivity index (χ4v) is 4.90. The smallest absolute Gasteiger partial charge is 0.338 e.